The third-order valence-electron chi connectivity index (χ3n) is 2.25. The van der Waals surface area contributed by atoms with Gasteiger partial charge in [0.05, 0.1) is 20.3 Å². The van der Waals surface area contributed by atoms with Crippen molar-refractivity contribution in [3.63, 3.8) is 0 Å². The molecular weight excluding hydrogens is 206 g/mol. The minimum atomic E-state index is -0.605. The fourth-order valence-corrected chi connectivity index (χ4v) is 1.31. The smallest absolute Gasteiger partial charge is 0.119 e. The Bertz CT molecular complexity index is 304. The molecule has 0 radical (unpaired) electrons. The van der Waals surface area contributed by atoms with Gasteiger partial charge in [0, 0.05) is 6.54 Å². The minimum Gasteiger partial charge on any atom is -0.497 e. The summed E-state index contributed by atoms with van der Waals surface area (Å²) in [5.41, 5.74) is 0.809. The van der Waals surface area contributed by atoms with Gasteiger partial charge in [0.15, 0.2) is 0 Å². The van der Waals surface area contributed by atoms with E-state index in [9.17, 15) is 5.11 Å². The van der Waals surface area contributed by atoms with Crippen LogP contribution in [0.1, 0.15) is 11.7 Å². The second-order valence-electron chi connectivity index (χ2n) is 3.47. The largest absolute Gasteiger partial charge is 0.497 e. The Morgan fingerprint density at radius 2 is 2.25 bits per heavy atom. The maximum Gasteiger partial charge on any atom is 0.119 e. The highest BCUT2D eigenvalue weighted by Crippen LogP contribution is 2.18. The summed E-state index contributed by atoms with van der Waals surface area (Å²) in [6.45, 7) is 1.68. The van der Waals surface area contributed by atoms with Crippen LogP contribution in [0.2, 0.25) is 0 Å². The third kappa shape index (κ3) is 4.18. The molecule has 0 aliphatic carbocycles. The highest BCUT2D eigenvalue weighted by Gasteiger charge is 2.08. The van der Waals surface area contributed by atoms with Gasteiger partial charge in [0.2, 0.25) is 0 Å². The second kappa shape index (κ2) is 7.22. The molecular formula is C12H19NO3. The quantitative estimate of drug-likeness (QED) is 0.679. The highest BCUT2D eigenvalue weighted by molar-refractivity contribution is 5.29. The molecule has 1 atom stereocenters. The highest BCUT2D eigenvalue weighted by atomic mass is 16.5. The SMILES string of the molecule is CNCCOCC(O)c1cccc(OC)c1. The van der Waals surface area contributed by atoms with E-state index in [-0.39, 0.29) is 0 Å². The van der Waals surface area contributed by atoms with E-state index in [1.54, 1.807) is 7.11 Å². The predicted octanol–water partition coefficient (Wildman–Crippen LogP) is 0.965. The van der Waals surface area contributed by atoms with Gasteiger partial charge in [-0.3, -0.25) is 0 Å². The van der Waals surface area contributed by atoms with Crippen LogP contribution in [0, 0.1) is 0 Å². The molecule has 1 unspecified atom stereocenters. The zero-order chi connectivity index (χ0) is 11.8. The average molecular weight is 225 g/mol. The van der Waals surface area contributed by atoms with E-state index in [1.807, 2.05) is 31.3 Å². The molecule has 4 nitrogen and oxygen atoms in total. The molecule has 0 heterocycles. The Morgan fingerprint density at radius 3 is 2.94 bits per heavy atom. The minimum absolute atomic E-state index is 0.300. The van der Waals surface area contributed by atoms with Crippen molar-refractivity contribution in [2.24, 2.45) is 0 Å². The van der Waals surface area contributed by atoms with Crippen molar-refractivity contribution in [2.75, 3.05) is 33.9 Å². The number of likely N-dealkylation sites (N-methyl/N-ethyl adjacent to an activating group) is 1. The lowest BCUT2D eigenvalue weighted by Gasteiger charge is -2.12. The molecule has 0 amide bonds. The van der Waals surface area contributed by atoms with Crippen LogP contribution >= 0.6 is 0 Å². The summed E-state index contributed by atoms with van der Waals surface area (Å²) in [7, 11) is 3.47. The average Bonchev–Trinajstić information content (AvgIpc) is 2.34. The van der Waals surface area contributed by atoms with Crippen molar-refractivity contribution >= 4 is 0 Å². The fraction of sp³-hybridized carbons (Fsp3) is 0.500. The monoisotopic (exact) mass is 225 g/mol. The maximum atomic E-state index is 9.84. The number of hydrogen-bond donors (Lipinski definition) is 2. The van der Waals surface area contributed by atoms with Crippen molar-refractivity contribution < 1.29 is 14.6 Å². The molecule has 0 fully saturated rings. The first-order valence-corrected chi connectivity index (χ1v) is 5.32. The third-order valence-corrected chi connectivity index (χ3v) is 2.25. The van der Waals surface area contributed by atoms with E-state index in [2.05, 4.69) is 5.32 Å². The molecule has 2 N–H and O–H groups in total. The van der Waals surface area contributed by atoms with E-state index in [0.717, 1.165) is 17.9 Å². The van der Waals surface area contributed by atoms with Gasteiger partial charge in [0.1, 0.15) is 11.9 Å². The summed E-state index contributed by atoms with van der Waals surface area (Å²) in [6, 6.07) is 7.36. The number of ether oxygens (including phenoxy) is 2. The van der Waals surface area contributed by atoms with E-state index in [1.165, 1.54) is 0 Å². The predicted molar refractivity (Wildman–Crippen MR) is 62.7 cm³/mol. The number of aliphatic hydroxyl groups excluding tert-OH is 1. The summed E-state index contributed by atoms with van der Waals surface area (Å²) in [4.78, 5) is 0. The molecule has 0 aromatic heterocycles. The number of methoxy groups -OCH3 is 1. The van der Waals surface area contributed by atoms with Gasteiger partial charge in [0.25, 0.3) is 0 Å². The van der Waals surface area contributed by atoms with Gasteiger partial charge in [-0.2, -0.15) is 0 Å². The Balaban J connectivity index is 2.42. The van der Waals surface area contributed by atoms with Crippen LogP contribution in [0.3, 0.4) is 0 Å². The van der Waals surface area contributed by atoms with Crippen LogP contribution < -0.4 is 10.1 Å². The second-order valence-corrected chi connectivity index (χ2v) is 3.47. The van der Waals surface area contributed by atoms with E-state index in [0.29, 0.717) is 13.2 Å². The summed E-state index contributed by atoms with van der Waals surface area (Å²) < 4.78 is 10.4. The Morgan fingerprint density at radius 1 is 1.44 bits per heavy atom. The van der Waals surface area contributed by atoms with E-state index >= 15 is 0 Å². The zero-order valence-corrected chi connectivity index (χ0v) is 9.77. The Hall–Kier alpha value is -1.10. The lowest BCUT2D eigenvalue weighted by atomic mass is 10.1. The lowest BCUT2D eigenvalue weighted by molar-refractivity contribution is 0.0378. The van der Waals surface area contributed by atoms with Gasteiger partial charge in [-0.1, -0.05) is 12.1 Å². The van der Waals surface area contributed by atoms with Crippen LogP contribution in [0.4, 0.5) is 0 Å². The van der Waals surface area contributed by atoms with Crippen molar-refractivity contribution in [1.29, 1.82) is 0 Å². The van der Waals surface area contributed by atoms with Crippen molar-refractivity contribution in [3.05, 3.63) is 29.8 Å². The molecule has 1 rings (SSSR count). The molecule has 0 aliphatic rings. The summed E-state index contributed by atoms with van der Waals surface area (Å²) in [5, 5.41) is 12.8. The first-order chi connectivity index (χ1) is 7.77. The molecule has 1 aromatic rings. The topological polar surface area (TPSA) is 50.7 Å². The molecule has 4 heteroatoms. The molecule has 0 bridgehead atoms. The Labute approximate surface area is 96.2 Å². The molecule has 90 valence electrons. The fourth-order valence-electron chi connectivity index (χ4n) is 1.31. The van der Waals surface area contributed by atoms with Gasteiger partial charge >= 0.3 is 0 Å². The standard InChI is InChI=1S/C12H19NO3/c1-13-6-7-16-9-12(14)10-4-3-5-11(8-10)15-2/h3-5,8,12-14H,6-7,9H2,1-2H3. The van der Waals surface area contributed by atoms with Crippen LogP contribution in [0.15, 0.2) is 24.3 Å². The van der Waals surface area contributed by atoms with Gasteiger partial charge in [-0.05, 0) is 24.7 Å². The van der Waals surface area contributed by atoms with Crippen LogP contribution in [0.25, 0.3) is 0 Å². The lowest BCUT2D eigenvalue weighted by Crippen LogP contribution is -2.16. The van der Waals surface area contributed by atoms with E-state index in [4.69, 9.17) is 9.47 Å². The Kier molecular flexibility index (Phi) is 5.85. The number of nitrogens with one attached hydrogen (secondary N) is 1. The summed E-state index contributed by atoms with van der Waals surface area (Å²) in [6.07, 6.45) is -0.605. The zero-order valence-electron chi connectivity index (χ0n) is 9.77. The normalized spacial score (nSPS) is 12.4. The first-order valence-electron chi connectivity index (χ1n) is 5.32. The molecule has 0 spiro atoms. The van der Waals surface area contributed by atoms with E-state index < -0.39 is 6.10 Å². The molecule has 0 aliphatic heterocycles. The van der Waals surface area contributed by atoms with Gasteiger partial charge in [-0.25, -0.2) is 0 Å². The first kappa shape index (κ1) is 13.0. The summed E-state index contributed by atoms with van der Waals surface area (Å²) in [5.74, 6) is 0.742. The van der Waals surface area contributed by atoms with Crippen LogP contribution in [-0.2, 0) is 4.74 Å². The number of aliphatic hydroxyl groups is 1. The number of benzene rings is 1. The molecule has 0 saturated heterocycles. The van der Waals surface area contributed by atoms with Crippen LogP contribution in [-0.4, -0.2) is 39.0 Å². The maximum absolute atomic E-state index is 9.84. The summed E-state index contributed by atoms with van der Waals surface area (Å²) >= 11 is 0. The molecule has 0 saturated carbocycles. The van der Waals surface area contributed by atoms with Crippen molar-refractivity contribution in [2.45, 2.75) is 6.10 Å². The number of rotatable bonds is 7. The van der Waals surface area contributed by atoms with Crippen molar-refractivity contribution in [3.8, 4) is 5.75 Å². The van der Waals surface area contributed by atoms with Gasteiger partial charge < -0.3 is 19.9 Å². The molecule has 1 aromatic carbocycles. The van der Waals surface area contributed by atoms with Crippen LogP contribution in [0.5, 0.6) is 5.75 Å². The number of hydrogen-bond acceptors (Lipinski definition) is 4. The van der Waals surface area contributed by atoms with Crippen molar-refractivity contribution in [1.82, 2.24) is 5.32 Å². The molecule has 16 heavy (non-hydrogen) atoms. The van der Waals surface area contributed by atoms with Gasteiger partial charge in [-0.15, -0.1) is 0 Å².